The molecule has 1 aliphatic heterocycles. The van der Waals surface area contributed by atoms with Gasteiger partial charge in [0.25, 0.3) is 5.91 Å². The number of nitrogens with zero attached hydrogens (tertiary/aromatic N) is 2. The number of hydrogen-bond acceptors (Lipinski definition) is 5. The number of hydrogen-bond donors (Lipinski definition) is 1. The van der Waals surface area contributed by atoms with Gasteiger partial charge in [-0.2, -0.15) is 0 Å². The summed E-state index contributed by atoms with van der Waals surface area (Å²) in [6, 6.07) is 13.4. The third-order valence-corrected chi connectivity index (χ3v) is 5.52. The third kappa shape index (κ3) is 4.64. The SMILES string of the molecule is CN(CCOc1ccc(CC2C(=O)NC[S+]2[O-])cc1)c1ccccn1. The van der Waals surface area contributed by atoms with Crippen molar-refractivity contribution in [2.45, 2.75) is 11.7 Å². The van der Waals surface area contributed by atoms with Gasteiger partial charge in [-0.15, -0.1) is 0 Å². The number of benzene rings is 1. The Kier molecular flexibility index (Phi) is 5.78. The smallest absolute Gasteiger partial charge is 0.277 e. The first-order chi connectivity index (χ1) is 12.1. The molecule has 25 heavy (non-hydrogen) atoms. The minimum atomic E-state index is -1.13. The number of anilines is 1. The summed E-state index contributed by atoms with van der Waals surface area (Å²) in [6.45, 7) is 1.27. The third-order valence-electron chi connectivity index (χ3n) is 4.08. The van der Waals surface area contributed by atoms with Crippen LogP contribution in [0.2, 0.25) is 0 Å². The molecular formula is C18H21N3O3S. The summed E-state index contributed by atoms with van der Waals surface area (Å²) >= 11 is -1.13. The van der Waals surface area contributed by atoms with Crippen molar-refractivity contribution in [3.8, 4) is 5.75 Å². The predicted octanol–water partition coefficient (Wildman–Crippen LogP) is 1.34. The second-order valence-corrected chi connectivity index (χ2v) is 7.48. The number of aromatic nitrogens is 1. The predicted molar refractivity (Wildman–Crippen MR) is 98.1 cm³/mol. The molecule has 2 unspecified atom stereocenters. The summed E-state index contributed by atoms with van der Waals surface area (Å²) in [4.78, 5) is 18.0. The van der Waals surface area contributed by atoms with E-state index >= 15 is 0 Å². The fourth-order valence-electron chi connectivity index (χ4n) is 2.59. The molecule has 1 N–H and O–H groups in total. The molecule has 0 aliphatic carbocycles. The topological polar surface area (TPSA) is 77.5 Å². The molecule has 132 valence electrons. The molecule has 1 aliphatic rings. The molecule has 7 heteroatoms. The first kappa shape index (κ1) is 17.6. The molecule has 1 aromatic carbocycles. The Morgan fingerprint density at radius 1 is 1.32 bits per heavy atom. The summed E-state index contributed by atoms with van der Waals surface area (Å²) in [5.41, 5.74) is 0.980. The highest BCUT2D eigenvalue weighted by molar-refractivity contribution is 7.93. The highest BCUT2D eigenvalue weighted by Gasteiger charge is 2.37. The van der Waals surface area contributed by atoms with Crippen molar-refractivity contribution in [3.05, 3.63) is 54.2 Å². The van der Waals surface area contributed by atoms with Crippen LogP contribution in [0.1, 0.15) is 5.56 Å². The Hall–Kier alpha value is -2.25. The Morgan fingerprint density at radius 2 is 2.12 bits per heavy atom. The van der Waals surface area contributed by atoms with Gasteiger partial charge < -0.3 is 19.5 Å². The van der Waals surface area contributed by atoms with E-state index in [1.165, 1.54) is 0 Å². The minimum absolute atomic E-state index is 0.129. The Morgan fingerprint density at radius 3 is 2.76 bits per heavy atom. The summed E-state index contributed by atoms with van der Waals surface area (Å²) in [6.07, 6.45) is 2.25. The van der Waals surface area contributed by atoms with Crippen LogP contribution in [0.4, 0.5) is 5.82 Å². The number of amides is 1. The van der Waals surface area contributed by atoms with Crippen molar-refractivity contribution in [1.29, 1.82) is 0 Å². The Labute approximate surface area is 150 Å². The van der Waals surface area contributed by atoms with Gasteiger partial charge in [0.2, 0.25) is 0 Å². The fraction of sp³-hybridized carbons (Fsp3) is 0.333. The van der Waals surface area contributed by atoms with Crippen LogP contribution in [0.25, 0.3) is 0 Å². The van der Waals surface area contributed by atoms with Crippen LogP contribution in [0, 0.1) is 0 Å². The first-order valence-electron chi connectivity index (χ1n) is 8.12. The monoisotopic (exact) mass is 359 g/mol. The van der Waals surface area contributed by atoms with Crippen LogP contribution >= 0.6 is 0 Å². The van der Waals surface area contributed by atoms with E-state index in [-0.39, 0.29) is 11.8 Å². The molecule has 1 aromatic heterocycles. The average Bonchev–Trinajstić information content (AvgIpc) is 2.96. The fourth-order valence-corrected chi connectivity index (χ4v) is 3.78. The van der Waals surface area contributed by atoms with Crippen molar-refractivity contribution < 1.29 is 14.1 Å². The lowest BCUT2D eigenvalue weighted by Crippen LogP contribution is -2.27. The van der Waals surface area contributed by atoms with E-state index in [9.17, 15) is 9.35 Å². The zero-order chi connectivity index (χ0) is 17.6. The van der Waals surface area contributed by atoms with E-state index in [1.807, 2.05) is 54.4 Å². The zero-order valence-electron chi connectivity index (χ0n) is 14.1. The van der Waals surface area contributed by atoms with Crippen molar-refractivity contribution in [2.24, 2.45) is 0 Å². The molecule has 2 atom stereocenters. The summed E-state index contributed by atoms with van der Waals surface area (Å²) in [5.74, 6) is 1.81. The van der Waals surface area contributed by atoms with Crippen LogP contribution in [0.15, 0.2) is 48.7 Å². The highest BCUT2D eigenvalue weighted by Crippen LogP contribution is 2.18. The van der Waals surface area contributed by atoms with Gasteiger partial charge in [-0.25, -0.2) is 4.98 Å². The molecule has 2 heterocycles. The van der Waals surface area contributed by atoms with Crippen LogP contribution in [0.3, 0.4) is 0 Å². The van der Waals surface area contributed by atoms with Crippen molar-refractivity contribution >= 4 is 22.9 Å². The Bertz CT molecular complexity index is 696. The highest BCUT2D eigenvalue weighted by atomic mass is 32.2. The normalized spacial score (nSPS) is 19.5. The van der Waals surface area contributed by atoms with E-state index in [0.717, 1.165) is 23.7 Å². The summed E-state index contributed by atoms with van der Waals surface area (Å²) < 4.78 is 17.5. The van der Waals surface area contributed by atoms with Gasteiger partial charge in [0.05, 0.1) is 6.54 Å². The molecule has 0 bridgehead atoms. The van der Waals surface area contributed by atoms with Crippen molar-refractivity contribution in [3.63, 3.8) is 0 Å². The second-order valence-electron chi connectivity index (χ2n) is 5.86. The van der Waals surface area contributed by atoms with Crippen LogP contribution in [-0.2, 0) is 22.4 Å². The maximum atomic E-state index is 11.8. The number of carbonyl (C=O) groups is 1. The molecule has 0 saturated carbocycles. The van der Waals surface area contributed by atoms with Gasteiger partial charge in [0, 0.05) is 19.7 Å². The van der Waals surface area contributed by atoms with Gasteiger partial charge in [0.1, 0.15) is 18.2 Å². The molecule has 1 amide bonds. The lowest BCUT2D eigenvalue weighted by Gasteiger charge is -2.18. The molecular weight excluding hydrogens is 338 g/mol. The second kappa shape index (κ2) is 8.22. The maximum Gasteiger partial charge on any atom is 0.277 e. The van der Waals surface area contributed by atoms with Crippen LogP contribution in [-0.4, -0.2) is 46.8 Å². The molecule has 3 rings (SSSR count). The van der Waals surface area contributed by atoms with E-state index in [1.54, 1.807) is 6.20 Å². The molecule has 1 saturated heterocycles. The average molecular weight is 359 g/mol. The van der Waals surface area contributed by atoms with Gasteiger partial charge in [-0.3, -0.25) is 4.79 Å². The lowest BCUT2D eigenvalue weighted by molar-refractivity contribution is -0.119. The molecule has 0 radical (unpaired) electrons. The number of carbonyl (C=O) groups excluding carboxylic acids is 1. The van der Waals surface area contributed by atoms with E-state index in [2.05, 4.69) is 10.3 Å². The number of ether oxygens (including phenoxy) is 1. The zero-order valence-corrected chi connectivity index (χ0v) is 14.9. The van der Waals surface area contributed by atoms with Crippen LogP contribution < -0.4 is 15.0 Å². The van der Waals surface area contributed by atoms with Gasteiger partial charge in [0.15, 0.2) is 11.1 Å². The van der Waals surface area contributed by atoms with Gasteiger partial charge >= 0.3 is 0 Å². The lowest BCUT2D eigenvalue weighted by atomic mass is 10.1. The minimum Gasteiger partial charge on any atom is -0.614 e. The van der Waals surface area contributed by atoms with Crippen molar-refractivity contribution in [2.75, 3.05) is 31.0 Å². The molecule has 0 spiro atoms. The van der Waals surface area contributed by atoms with E-state index in [0.29, 0.717) is 13.0 Å². The van der Waals surface area contributed by atoms with Crippen molar-refractivity contribution in [1.82, 2.24) is 10.3 Å². The Balaban J connectivity index is 1.47. The molecule has 2 aromatic rings. The number of likely N-dealkylation sites (N-methyl/N-ethyl adjacent to an activating group) is 1. The molecule has 6 nitrogen and oxygen atoms in total. The van der Waals surface area contributed by atoms with Gasteiger partial charge in [-0.1, -0.05) is 18.2 Å². The quantitative estimate of drug-likeness (QED) is 0.755. The van der Waals surface area contributed by atoms with E-state index < -0.39 is 16.4 Å². The standard InChI is InChI=1S/C18H21N3O3S/c1-21(17-4-2-3-9-19-17)10-11-24-15-7-5-14(6-8-15)12-16-18(22)20-13-25(16)23/h2-9,16H,10-13H2,1H3,(H,20,22). The maximum absolute atomic E-state index is 11.8. The number of pyridine rings is 1. The number of nitrogens with one attached hydrogen (secondary N) is 1. The van der Waals surface area contributed by atoms with E-state index in [4.69, 9.17) is 4.74 Å². The molecule has 1 fully saturated rings. The summed E-state index contributed by atoms with van der Waals surface area (Å²) in [5, 5.41) is 2.18. The number of rotatable bonds is 7. The first-order valence-corrected chi connectivity index (χ1v) is 9.50. The van der Waals surface area contributed by atoms with Crippen LogP contribution in [0.5, 0.6) is 5.75 Å². The van der Waals surface area contributed by atoms with Gasteiger partial charge in [-0.05, 0) is 41.0 Å². The largest absolute Gasteiger partial charge is 0.614 e. The summed E-state index contributed by atoms with van der Waals surface area (Å²) in [7, 11) is 1.97.